The number of quaternary nitrogens is 1. The van der Waals surface area contributed by atoms with Gasteiger partial charge in [-0.1, -0.05) is 43.2 Å². The van der Waals surface area contributed by atoms with Crippen molar-refractivity contribution in [1.82, 2.24) is 20.1 Å². The van der Waals surface area contributed by atoms with Crippen molar-refractivity contribution in [1.29, 1.82) is 0 Å². The van der Waals surface area contributed by atoms with Gasteiger partial charge in [-0.2, -0.15) is 5.10 Å². The smallest absolute Gasteiger partial charge is 0.254 e. The number of carbonyl (C=O) groups is 1. The van der Waals surface area contributed by atoms with Crippen molar-refractivity contribution in [2.75, 3.05) is 13.1 Å². The third-order valence-corrected chi connectivity index (χ3v) is 5.75. The minimum Gasteiger partial charge on any atom is -0.358 e. The fourth-order valence-corrected chi connectivity index (χ4v) is 4.05. The summed E-state index contributed by atoms with van der Waals surface area (Å²) in [5.41, 5.74) is 8.62. The van der Waals surface area contributed by atoms with Gasteiger partial charge < -0.3 is 11.1 Å². The molecule has 0 atom stereocenters. The Kier molecular flexibility index (Phi) is 7.55. The highest BCUT2D eigenvalue weighted by Gasteiger charge is 2.18. The highest BCUT2D eigenvalue weighted by atomic mass is 32.1. The van der Waals surface area contributed by atoms with Crippen molar-refractivity contribution in [3.05, 3.63) is 52.7 Å². The SMILES string of the molecule is CCc1c(C(=O)NCCCCCC[NH3+])cnn1-c1nc(-c2ccc(C)cc2)cs1. The number of hydrogen-bond acceptors (Lipinski definition) is 4. The van der Waals surface area contributed by atoms with Gasteiger partial charge in [0.25, 0.3) is 5.91 Å². The molecule has 0 bridgehead atoms. The Morgan fingerprint density at radius 2 is 1.93 bits per heavy atom. The summed E-state index contributed by atoms with van der Waals surface area (Å²) in [5, 5.41) is 10.3. The van der Waals surface area contributed by atoms with Crippen LogP contribution in [0.3, 0.4) is 0 Å². The number of benzene rings is 1. The highest BCUT2D eigenvalue weighted by molar-refractivity contribution is 7.12. The maximum Gasteiger partial charge on any atom is 0.254 e. The molecule has 29 heavy (non-hydrogen) atoms. The topological polar surface area (TPSA) is 87.5 Å². The van der Waals surface area contributed by atoms with E-state index in [-0.39, 0.29) is 5.91 Å². The lowest BCUT2D eigenvalue weighted by atomic mass is 10.1. The van der Waals surface area contributed by atoms with E-state index in [1.54, 1.807) is 10.9 Å². The minimum absolute atomic E-state index is 0.0550. The van der Waals surface area contributed by atoms with Crippen LogP contribution in [0.4, 0.5) is 0 Å². The van der Waals surface area contributed by atoms with Gasteiger partial charge in [-0.3, -0.25) is 4.79 Å². The summed E-state index contributed by atoms with van der Waals surface area (Å²) in [6.07, 6.45) is 6.81. The summed E-state index contributed by atoms with van der Waals surface area (Å²) in [6.45, 7) is 5.78. The van der Waals surface area contributed by atoms with Crippen LogP contribution in [0.1, 0.15) is 54.2 Å². The molecule has 0 spiro atoms. The first-order valence-corrected chi connectivity index (χ1v) is 11.2. The maximum atomic E-state index is 12.6. The van der Waals surface area contributed by atoms with Gasteiger partial charge in [-0.25, -0.2) is 9.67 Å². The van der Waals surface area contributed by atoms with Gasteiger partial charge >= 0.3 is 0 Å². The lowest BCUT2D eigenvalue weighted by Crippen LogP contribution is -2.50. The molecule has 2 aromatic heterocycles. The zero-order chi connectivity index (χ0) is 20.6. The molecule has 0 aliphatic carbocycles. The first kappa shape index (κ1) is 21.2. The number of thiazole rings is 1. The minimum atomic E-state index is -0.0550. The van der Waals surface area contributed by atoms with Crippen LogP contribution in [0, 0.1) is 6.92 Å². The summed E-state index contributed by atoms with van der Waals surface area (Å²) in [4.78, 5) is 17.4. The van der Waals surface area contributed by atoms with Crippen LogP contribution in [-0.2, 0) is 6.42 Å². The second-order valence-electron chi connectivity index (χ2n) is 7.18. The van der Waals surface area contributed by atoms with Crippen molar-refractivity contribution in [3.63, 3.8) is 0 Å². The Hall–Kier alpha value is -2.51. The lowest BCUT2D eigenvalue weighted by Gasteiger charge is -2.07. The number of rotatable bonds is 10. The quantitative estimate of drug-likeness (QED) is 0.500. The Balaban J connectivity index is 1.69. The van der Waals surface area contributed by atoms with Gasteiger partial charge in [0.05, 0.1) is 29.7 Å². The molecule has 3 rings (SSSR count). The monoisotopic (exact) mass is 412 g/mol. The maximum absolute atomic E-state index is 12.6. The summed E-state index contributed by atoms with van der Waals surface area (Å²) in [6, 6.07) is 8.32. The lowest BCUT2D eigenvalue weighted by molar-refractivity contribution is -0.368. The molecule has 0 radical (unpaired) electrons. The van der Waals surface area contributed by atoms with Crippen LogP contribution in [0.2, 0.25) is 0 Å². The van der Waals surface area contributed by atoms with Crippen LogP contribution in [0.25, 0.3) is 16.4 Å². The number of amides is 1. The van der Waals surface area contributed by atoms with Crippen LogP contribution in [-0.4, -0.2) is 33.8 Å². The molecule has 0 aliphatic heterocycles. The van der Waals surface area contributed by atoms with Crippen LogP contribution in [0.5, 0.6) is 0 Å². The molecule has 6 nitrogen and oxygen atoms in total. The predicted molar refractivity (Wildman–Crippen MR) is 117 cm³/mol. The molecule has 154 valence electrons. The number of carbonyl (C=O) groups excluding carboxylic acids is 1. The van der Waals surface area contributed by atoms with E-state index < -0.39 is 0 Å². The van der Waals surface area contributed by atoms with Crippen molar-refractivity contribution < 1.29 is 10.5 Å². The molecule has 1 aromatic carbocycles. The zero-order valence-corrected chi connectivity index (χ0v) is 18.1. The van der Waals surface area contributed by atoms with Crippen LogP contribution >= 0.6 is 11.3 Å². The Bertz CT molecular complexity index is 929. The normalized spacial score (nSPS) is 11.0. The molecule has 0 fully saturated rings. The summed E-state index contributed by atoms with van der Waals surface area (Å²) in [5.74, 6) is -0.0550. The first-order valence-electron chi connectivity index (χ1n) is 10.3. The summed E-state index contributed by atoms with van der Waals surface area (Å²) >= 11 is 1.54. The Morgan fingerprint density at radius 1 is 1.17 bits per heavy atom. The van der Waals surface area contributed by atoms with Gasteiger partial charge in [0.15, 0.2) is 0 Å². The molecule has 3 aromatic rings. The average Bonchev–Trinajstić information content (AvgIpc) is 3.37. The van der Waals surface area contributed by atoms with E-state index >= 15 is 0 Å². The number of aryl methyl sites for hydroxylation is 1. The van der Waals surface area contributed by atoms with Crippen LogP contribution < -0.4 is 11.1 Å². The van der Waals surface area contributed by atoms with E-state index in [2.05, 4.69) is 47.3 Å². The fourth-order valence-electron chi connectivity index (χ4n) is 3.24. The van der Waals surface area contributed by atoms with E-state index in [0.717, 1.165) is 47.9 Å². The van der Waals surface area contributed by atoms with E-state index in [9.17, 15) is 4.79 Å². The standard InChI is InChI=1S/C22H29N5OS/c1-3-20-18(21(28)24-13-7-5-4-6-12-23)14-25-27(20)22-26-19(15-29-22)17-10-8-16(2)9-11-17/h8-11,14-15H,3-7,12-13,23H2,1-2H3,(H,24,28)/p+1. The number of aromatic nitrogens is 3. The van der Waals surface area contributed by atoms with Gasteiger partial charge in [0.1, 0.15) is 0 Å². The average molecular weight is 413 g/mol. The number of unbranched alkanes of at least 4 members (excludes halogenated alkanes) is 3. The molecule has 4 N–H and O–H groups in total. The van der Waals surface area contributed by atoms with Gasteiger partial charge in [0.2, 0.25) is 5.13 Å². The highest BCUT2D eigenvalue weighted by Crippen LogP contribution is 2.26. The molecule has 7 heteroatoms. The van der Waals surface area contributed by atoms with Crippen molar-refractivity contribution in [3.8, 4) is 16.4 Å². The summed E-state index contributed by atoms with van der Waals surface area (Å²) < 4.78 is 1.80. The molecule has 2 heterocycles. The second kappa shape index (κ2) is 10.3. The largest absolute Gasteiger partial charge is 0.358 e. The Morgan fingerprint density at radius 3 is 2.66 bits per heavy atom. The van der Waals surface area contributed by atoms with E-state index in [0.29, 0.717) is 18.5 Å². The van der Waals surface area contributed by atoms with E-state index in [4.69, 9.17) is 4.98 Å². The number of nitrogens with one attached hydrogen (secondary N) is 1. The molecular weight excluding hydrogens is 382 g/mol. The van der Waals surface area contributed by atoms with Gasteiger partial charge in [-0.05, 0) is 32.6 Å². The first-order chi connectivity index (χ1) is 14.1. The predicted octanol–water partition coefficient (Wildman–Crippen LogP) is 3.40. The third kappa shape index (κ3) is 5.31. The van der Waals surface area contributed by atoms with E-state index in [1.807, 2.05) is 12.3 Å². The molecule has 0 unspecified atom stereocenters. The van der Waals surface area contributed by atoms with Gasteiger partial charge in [0, 0.05) is 17.5 Å². The Labute approximate surface area is 176 Å². The third-order valence-electron chi connectivity index (χ3n) is 4.93. The zero-order valence-electron chi connectivity index (χ0n) is 17.3. The van der Waals surface area contributed by atoms with Gasteiger partial charge in [-0.15, -0.1) is 11.3 Å². The molecule has 0 saturated carbocycles. The molecular formula is C22H30N5OS+. The number of hydrogen-bond donors (Lipinski definition) is 2. The molecule has 1 amide bonds. The van der Waals surface area contributed by atoms with Crippen molar-refractivity contribution in [2.45, 2.75) is 46.0 Å². The summed E-state index contributed by atoms with van der Waals surface area (Å²) in [7, 11) is 0. The van der Waals surface area contributed by atoms with Crippen LogP contribution in [0.15, 0.2) is 35.8 Å². The molecule has 0 saturated heterocycles. The fraction of sp³-hybridized carbons (Fsp3) is 0.409. The second-order valence-corrected chi connectivity index (χ2v) is 8.01. The number of nitrogens with zero attached hydrogens (tertiary/aromatic N) is 3. The molecule has 0 aliphatic rings. The van der Waals surface area contributed by atoms with E-state index in [1.165, 1.54) is 23.3 Å². The van der Waals surface area contributed by atoms with Crippen molar-refractivity contribution in [2.24, 2.45) is 0 Å². The van der Waals surface area contributed by atoms with Crippen molar-refractivity contribution >= 4 is 17.2 Å².